The number of rotatable bonds is 4. The van der Waals surface area contributed by atoms with Crippen molar-refractivity contribution < 1.29 is 14.3 Å². The average molecular weight is 234 g/mol. The van der Waals surface area contributed by atoms with E-state index in [1.807, 2.05) is 6.07 Å². The van der Waals surface area contributed by atoms with E-state index in [2.05, 4.69) is 4.98 Å². The molecule has 2 aromatic rings. The lowest BCUT2D eigenvalue weighted by molar-refractivity contribution is -0.117. The van der Waals surface area contributed by atoms with E-state index >= 15 is 0 Å². The Labute approximate surface area is 98.5 Å². The number of aromatic nitrogens is 1. The highest BCUT2D eigenvalue weighted by atomic mass is 16.5. The van der Waals surface area contributed by atoms with Crippen LogP contribution in [0.25, 0.3) is 10.9 Å². The Bertz CT molecular complexity index is 560. The molecule has 1 heterocycles. The maximum absolute atomic E-state index is 11.0. The lowest BCUT2D eigenvalue weighted by atomic mass is 10.1. The molecule has 0 aliphatic carbocycles. The van der Waals surface area contributed by atoms with Crippen molar-refractivity contribution in [3.05, 3.63) is 23.9 Å². The summed E-state index contributed by atoms with van der Waals surface area (Å²) >= 11 is 0. The van der Waals surface area contributed by atoms with Gasteiger partial charge in [-0.25, -0.2) is 0 Å². The van der Waals surface area contributed by atoms with Crippen molar-refractivity contribution in [3.63, 3.8) is 0 Å². The normalized spacial score (nSPS) is 10.5. The molecule has 0 fully saturated rings. The zero-order valence-electron chi connectivity index (χ0n) is 9.74. The number of aromatic amines is 1. The van der Waals surface area contributed by atoms with Crippen LogP contribution in [-0.2, 0) is 11.2 Å². The predicted octanol–water partition coefficient (Wildman–Crippen LogP) is 1.21. The van der Waals surface area contributed by atoms with E-state index in [4.69, 9.17) is 15.2 Å². The second-order valence-electron chi connectivity index (χ2n) is 3.71. The molecule has 2 rings (SSSR count). The van der Waals surface area contributed by atoms with Gasteiger partial charge >= 0.3 is 0 Å². The number of amides is 1. The number of carbonyl (C=O) groups is 1. The van der Waals surface area contributed by atoms with Gasteiger partial charge in [0.25, 0.3) is 0 Å². The molecule has 0 aliphatic rings. The highest BCUT2D eigenvalue weighted by molar-refractivity contribution is 5.93. The zero-order chi connectivity index (χ0) is 12.4. The van der Waals surface area contributed by atoms with Gasteiger partial charge in [-0.05, 0) is 5.56 Å². The van der Waals surface area contributed by atoms with Gasteiger partial charge in [-0.15, -0.1) is 0 Å². The Morgan fingerprint density at radius 3 is 2.71 bits per heavy atom. The first-order chi connectivity index (χ1) is 8.15. The summed E-state index contributed by atoms with van der Waals surface area (Å²) in [6.45, 7) is 0. The number of nitrogens with one attached hydrogen (secondary N) is 1. The standard InChI is InChI=1S/C12H14N2O3/c1-16-8-4-9-12(10(5-8)17-2)7(6-14-9)3-11(13)15/h4-6,14H,3H2,1-2H3,(H2,13,15). The van der Waals surface area contributed by atoms with E-state index < -0.39 is 0 Å². The first kappa shape index (κ1) is 11.3. The number of benzene rings is 1. The smallest absolute Gasteiger partial charge is 0.221 e. The molecule has 0 atom stereocenters. The van der Waals surface area contributed by atoms with Crippen molar-refractivity contribution in [2.45, 2.75) is 6.42 Å². The molecular weight excluding hydrogens is 220 g/mol. The van der Waals surface area contributed by atoms with Crippen molar-refractivity contribution in [2.75, 3.05) is 14.2 Å². The molecule has 3 N–H and O–H groups in total. The number of H-pyrrole nitrogens is 1. The monoisotopic (exact) mass is 234 g/mol. The van der Waals surface area contributed by atoms with Crippen LogP contribution in [0.2, 0.25) is 0 Å². The van der Waals surface area contributed by atoms with Crippen molar-refractivity contribution >= 4 is 16.8 Å². The minimum atomic E-state index is -0.372. The molecule has 0 bridgehead atoms. The minimum absolute atomic E-state index is 0.183. The van der Waals surface area contributed by atoms with Gasteiger partial charge in [0.2, 0.25) is 5.91 Å². The maximum Gasteiger partial charge on any atom is 0.221 e. The topological polar surface area (TPSA) is 77.3 Å². The van der Waals surface area contributed by atoms with Crippen LogP contribution in [0.1, 0.15) is 5.56 Å². The van der Waals surface area contributed by atoms with Gasteiger partial charge in [0, 0.05) is 23.7 Å². The average Bonchev–Trinajstić information content (AvgIpc) is 2.70. The van der Waals surface area contributed by atoms with Gasteiger partial charge in [0.15, 0.2) is 0 Å². The predicted molar refractivity (Wildman–Crippen MR) is 64.3 cm³/mol. The molecule has 17 heavy (non-hydrogen) atoms. The van der Waals surface area contributed by atoms with Crippen LogP contribution in [0.5, 0.6) is 11.5 Å². The number of ether oxygens (including phenoxy) is 2. The van der Waals surface area contributed by atoms with Gasteiger partial charge in [-0.1, -0.05) is 0 Å². The largest absolute Gasteiger partial charge is 0.497 e. The van der Waals surface area contributed by atoms with E-state index in [1.165, 1.54) is 0 Å². The fourth-order valence-electron chi connectivity index (χ4n) is 1.88. The van der Waals surface area contributed by atoms with Crippen LogP contribution in [0.15, 0.2) is 18.3 Å². The summed E-state index contributed by atoms with van der Waals surface area (Å²) in [6, 6.07) is 3.63. The summed E-state index contributed by atoms with van der Waals surface area (Å²) in [5.74, 6) is 0.988. The van der Waals surface area contributed by atoms with Crippen LogP contribution in [0.3, 0.4) is 0 Å². The molecule has 0 radical (unpaired) electrons. The number of fused-ring (bicyclic) bond motifs is 1. The molecule has 0 unspecified atom stereocenters. The van der Waals surface area contributed by atoms with Gasteiger partial charge in [-0.2, -0.15) is 0 Å². The highest BCUT2D eigenvalue weighted by Crippen LogP contribution is 2.33. The van der Waals surface area contributed by atoms with Crippen LogP contribution < -0.4 is 15.2 Å². The van der Waals surface area contributed by atoms with E-state index in [0.717, 1.165) is 16.5 Å². The van der Waals surface area contributed by atoms with Gasteiger partial charge in [0.05, 0.1) is 26.2 Å². The number of nitrogens with two attached hydrogens (primary N) is 1. The SMILES string of the molecule is COc1cc(OC)c2c(CC(N)=O)c[nH]c2c1. The summed E-state index contributed by atoms with van der Waals surface area (Å²) in [5.41, 5.74) is 6.89. The van der Waals surface area contributed by atoms with Crippen molar-refractivity contribution in [1.82, 2.24) is 4.98 Å². The number of hydrogen-bond acceptors (Lipinski definition) is 3. The van der Waals surface area contributed by atoms with E-state index in [0.29, 0.717) is 11.5 Å². The van der Waals surface area contributed by atoms with E-state index in [1.54, 1.807) is 26.5 Å². The first-order valence-corrected chi connectivity index (χ1v) is 5.16. The number of hydrogen-bond donors (Lipinski definition) is 2. The lowest BCUT2D eigenvalue weighted by Crippen LogP contribution is -2.13. The van der Waals surface area contributed by atoms with Crippen molar-refractivity contribution in [2.24, 2.45) is 5.73 Å². The Morgan fingerprint density at radius 2 is 2.12 bits per heavy atom. The first-order valence-electron chi connectivity index (χ1n) is 5.16. The molecule has 1 amide bonds. The molecule has 5 nitrogen and oxygen atoms in total. The molecule has 1 aromatic heterocycles. The van der Waals surface area contributed by atoms with Crippen LogP contribution >= 0.6 is 0 Å². The van der Waals surface area contributed by atoms with Gasteiger partial charge in [-0.3, -0.25) is 4.79 Å². The third-order valence-corrected chi connectivity index (χ3v) is 2.62. The van der Waals surface area contributed by atoms with Crippen molar-refractivity contribution in [3.8, 4) is 11.5 Å². The molecule has 5 heteroatoms. The van der Waals surface area contributed by atoms with Gasteiger partial charge < -0.3 is 20.2 Å². The Hall–Kier alpha value is -2.17. The maximum atomic E-state index is 11.0. The van der Waals surface area contributed by atoms with Crippen LogP contribution in [0.4, 0.5) is 0 Å². The summed E-state index contributed by atoms with van der Waals surface area (Å²) in [6.07, 6.45) is 1.94. The lowest BCUT2D eigenvalue weighted by Gasteiger charge is -2.07. The van der Waals surface area contributed by atoms with Crippen molar-refractivity contribution in [1.29, 1.82) is 0 Å². The highest BCUT2D eigenvalue weighted by Gasteiger charge is 2.13. The third kappa shape index (κ3) is 2.04. The Balaban J connectivity index is 2.61. The molecule has 0 spiro atoms. The molecule has 0 saturated carbocycles. The Kier molecular flexibility index (Phi) is 2.91. The summed E-state index contributed by atoms with van der Waals surface area (Å²) in [7, 11) is 3.17. The summed E-state index contributed by atoms with van der Waals surface area (Å²) in [5, 5.41) is 0.868. The van der Waals surface area contributed by atoms with E-state index in [9.17, 15) is 4.79 Å². The second-order valence-corrected chi connectivity index (χ2v) is 3.71. The molecule has 0 aliphatic heterocycles. The van der Waals surface area contributed by atoms with Crippen LogP contribution in [0, 0.1) is 0 Å². The summed E-state index contributed by atoms with van der Waals surface area (Å²) in [4.78, 5) is 14.1. The fraction of sp³-hybridized carbons (Fsp3) is 0.250. The third-order valence-electron chi connectivity index (χ3n) is 2.62. The molecular formula is C12H14N2O3. The van der Waals surface area contributed by atoms with E-state index in [-0.39, 0.29) is 12.3 Å². The molecule has 0 saturated heterocycles. The number of primary amides is 1. The second kappa shape index (κ2) is 4.37. The number of methoxy groups -OCH3 is 2. The zero-order valence-corrected chi connectivity index (χ0v) is 9.74. The Morgan fingerprint density at radius 1 is 1.35 bits per heavy atom. The summed E-state index contributed by atoms with van der Waals surface area (Å²) < 4.78 is 10.5. The fourth-order valence-corrected chi connectivity index (χ4v) is 1.88. The minimum Gasteiger partial charge on any atom is -0.497 e. The molecule has 1 aromatic carbocycles. The van der Waals surface area contributed by atoms with Gasteiger partial charge in [0.1, 0.15) is 11.5 Å². The quantitative estimate of drug-likeness (QED) is 0.834. The van der Waals surface area contributed by atoms with Crippen LogP contribution in [-0.4, -0.2) is 25.1 Å². The number of carbonyl (C=O) groups excluding carboxylic acids is 1. The molecule has 90 valence electrons.